The summed E-state index contributed by atoms with van der Waals surface area (Å²) in [7, 11) is 0. The molecule has 21 heavy (non-hydrogen) atoms. The van der Waals surface area contributed by atoms with Gasteiger partial charge in [-0.1, -0.05) is 6.07 Å². The molecule has 7 heteroatoms. The standard InChI is InChI=1S/C14H15F2N3O2/c15-10-1-2-11(12(16)4-10)13-3-9(6-20)14(21-13)5-19-8-17-7-18-19/h1-2,4,7-9,13-14,20H,3,5-6H2/t9-,13-,14?/m1/s1. The van der Waals surface area contributed by atoms with Gasteiger partial charge in [0.15, 0.2) is 0 Å². The Morgan fingerprint density at radius 2 is 2.24 bits per heavy atom. The van der Waals surface area contributed by atoms with E-state index in [-0.39, 0.29) is 18.6 Å². The first-order chi connectivity index (χ1) is 10.2. The molecule has 1 fully saturated rings. The second kappa shape index (κ2) is 5.87. The summed E-state index contributed by atoms with van der Waals surface area (Å²) in [6.45, 7) is 0.378. The van der Waals surface area contributed by atoms with Crippen LogP contribution < -0.4 is 0 Å². The van der Waals surface area contributed by atoms with Gasteiger partial charge >= 0.3 is 0 Å². The number of ether oxygens (including phenoxy) is 1. The van der Waals surface area contributed by atoms with Crippen LogP contribution in [0.4, 0.5) is 8.78 Å². The summed E-state index contributed by atoms with van der Waals surface area (Å²) in [5.41, 5.74) is 0.316. The lowest BCUT2D eigenvalue weighted by atomic mass is 9.97. The highest BCUT2D eigenvalue weighted by atomic mass is 19.1. The molecule has 0 spiro atoms. The molecule has 1 aliphatic rings. The van der Waals surface area contributed by atoms with Crippen molar-refractivity contribution in [2.75, 3.05) is 6.61 Å². The summed E-state index contributed by atoms with van der Waals surface area (Å²) in [6.07, 6.45) is 2.68. The van der Waals surface area contributed by atoms with E-state index in [9.17, 15) is 13.9 Å². The van der Waals surface area contributed by atoms with Crippen molar-refractivity contribution < 1.29 is 18.6 Å². The van der Waals surface area contributed by atoms with Crippen LogP contribution in [0.25, 0.3) is 0 Å². The molecule has 5 nitrogen and oxygen atoms in total. The molecule has 1 aromatic heterocycles. The van der Waals surface area contributed by atoms with E-state index in [2.05, 4.69) is 10.1 Å². The lowest BCUT2D eigenvalue weighted by Crippen LogP contribution is -2.25. The third kappa shape index (κ3) is 2.93. The highest BCUT2D eigenvalue weighted by Gasteiger charge is 2.37. The molecule has 3 atom stereocenters. The molecule has 0 bridgehead atoms. The van der Waals surface area contributed by atoms with Gasteiger partial charge in [-0.05, 0) is 12.5 Å². The van der Waals surface area contributed by atoms with E-state index in [0.717, 1.165) is 6.07 Å². The largest absolute Gasteiger partial charge is 0.396 e. The van der Waals surface area contributed by atoms with Crippen LogP contribution in [-0.4, -0.2) is 32.6 Å². The average molecular weight is 295 g/mol. The maximum atomic E-state index is 13.8. The van der Waals surface area contributed by atoms with Crippen LogP contribution in [0.5, 0.6) is 0 Å². The summed E-state index contributed by atoms with van der Waals surface area (Å²) < 4.78 is 34.2. The van der Waals surface area contributed by atoms with Gasteiger partial charge in [-0.15, -0.1) is 0 Å². The monoisotopic (exact) mass is 295 g/mol. The van der Waals surface area contributed by atoms with Crippen LogP contribution in [0, 0.1) is 17.6 Å². The Morgan fingerprint density at radius 1 is 1.38 bits per heavy atom. The highest BCUT2D eigenvalue weighted by Crippen LogP contribution is 2.38. The first-order valence-electron chi connectivity index (χ1n) is 6.71. The second-order valence-electron chi connectivity index (χ2n) is 5.12. The maximum Gasteiger partial charge on any atom is 0.137 e. The lowest BCUT2D eigenvalue weighted by Gasteiger charge is -2.16. The number of aliphatic hydroxyl groups is 1. The van der Waals surface area contributed by atoms with Crippen LogP contribution >= 0.6 is 0 Å². The first-order valence-corrected chi connectivity index (χ1v) is 6.71. The van der Waals surface area contributed by atoms with Crippen LogP contribution in [0.3, 0.4) is 0 Å². The molecule has 3 rings (SSSR count). The zero-order valence-electron chi connectivity index (χ0n) is 11.2. The number of aliphatic hydroxyl groups excluding tert-OH is 1. The molecule has 1 aromatic carbocycles. The van der Waals surface area contributed by atoms with Crippen molar-refractivity contribution in [3.63, 3.8) is 0 Å². The van der Waals surface area contributed by atoms with Gasteiger partial charge in [0.05, 0.1) is 18.8 Å². The van der Waals surface area contributed by atoms with E-state index >= 15 is 0 Å². The predicted octanol–water partition coefficient (Wildman–Crippen LogP) is 1.70. The fourth-order valence-corrected chi connectivity index (χ4v) is 2.66. The zero-order chi connectivity index (χ0) is 14.8. The molecule has 0 radical (unpaired) electrons. The van der Waals surface area contributed by atoms with Gasteiger partial charge in [0.1, 0.15) is 24.3 Å². The van der Waals surface area contributed by atoms with Crippen molar-refractivity contribution in [2.45, 2.75) is 25.2 Å². The summed E-state index contributed by atoms with van der Waals surface area (Å²) in [5, 5.41) is 13.5. The number of benzene rings is 1. The molecular formula is C14H15F2N3O2. The van der Waals surface area contributed by atoms with Crippen molar-refractivity contribution in [1.82, 2.24) is 14.8 Å². The number of hydrogen-bond donors (Lipinski definition) is 1. The Balaban J connectivity index is 1.77. The third-order valence-corrected chi connectivity index (χ3v) is 3.76. The van der Waals surface area contributed by atoms with Crippen molar-refractivity contribution >= 4 is 0 Å². The van der Waals surface area contributed by atoms with E-state index in [4.69, 9.17) is 4.74 Å². The fourth-order valence-electron chi connectivity index (χ4n) is 2.66. The van der Waals surface area contributed by atoms with E-state index < -0.39 is 17.7 Å². The Hall–Kier alpha value is -1.86. The molecule has 2 heterocycles. The van der Waals surface area contributed by atoms with Crippen molar-refractivity contribution in [1.29, 1.82) is 0 Å². The summed E-state index contributed by atoms with van der Waals surface area (Å²) in [5.74, 6) is -1.37. The van der Waals surface area contributed by atoms with Gasteiger partial charge in [-0.25, -0.2) is 13.8 Å². The van der Waals surface area contributed by atoms with E-state index in [1.165, 1.54) is 18.5 Å². The van der Waals surface area contributed by atoms with Gasteiger partial charge < -0.3 is 9.84 Å². The number of halogens is 2. The molecule has 1 saturated heterocycles. The average Bonchev–Trinajstić information content (AvgIpc) is 3.09. The Bertz CT molecular complexity index is 606. The minimum Gasteiger partial charge on any atom is -0.396 e. The Morgan fingerprint density at radius 3 is 2.90 bits per heavy atom. The van der Waals surface area contributed by atoms with E-state index in [0.29, 0.717) is 18.5 Å². The van der Waals surface area contributed by atoms with Crippen LogP contribution in [0.2, 0.25) is 0 Å². The van der Waals surface area contributed by atoms with Gasteiger partial charge in [-0.3, -0.25) is 4.68 Å². The van der Waals surface area contributed by atoms with Crippen LogP contribution in [0.15, 0.2) is 30.9 Å². The van der Waals surface area contributed by atoms with Gasteiger partial charge in [0.2, 0.25) is 0 Å². The summed E-state index contributed by atoms with van der Waals surface area (Å²) >= 11 is 0. The minimum atomic E-state index is -0.627. The second-order valence-corrected chi connectivity index (χ2v) is 5.12. The van der Waals surface area contributed by atoms with Crippen molar-refractivity contribution in [3.8, 4) is 0 Å². The number of hydrogen-bond acceptors (Lipinski definition) is 4. The molecule has 112 valence electrons. The molecule has 1 aliphatic heterocycles. The number of nitrogens with zero attached hydrogens (tertiary/aromatic N) is 3. The highest BCUT2D eigenvalue weighted by molar-refractivity contribution is 5.22. The molecule has 1 N–H and O–H groups in total. The number of rotatable bonds is 4. The van der Waals surface area contributed by atoms with Gasteiger partial charge in [-0.2, -0.15) is 5.10 Å². The van der Waals surface area contributed by atoms with Gasteiger partial charge in [0.25, 0.3) is 0 Å². The Labute approximate surface area is 120 Å². The van der Waals surface area contributed by atoms with Crippen molar-refractivity contribution in [2.24, 2.45) is 5.92 Å². The quantitative estimate of drug-likeness (QED) is 0.932. The summed E-state index contributed by atoms with van der Waals surface area (Å²) in [6, 6.07) is 3.44. The van der Waals surface area contributed by atoms with Crippen molar-refractivity contribution in [3.05, 3.63) is 48.1 Å². The smallest absolute Gasteiger partial charge is 0.137 e. The molecule has 1 unspecified atom stereocenters. The molecule has 0 amide bonds. The van der Waals surface area contributed by atoms with E-state index in [1.807, 2.05) is 0 Å². The van der Waals surface area contributed by atoms with E-state index in [1.54, 1.807) is 11.0 Å². The maximum absolute atomic E-state index is 13.8. The molecule has 0 aliphatic carbocycles. The first kappa shape index (κ1) is 14.1. The minimum absolute atomic E-state index is 0.0569. The summed E-state index contributed by atoms with van der Waals surface area (Å²) in [4.78, 5) is 3.85. The SMILES string of the molecule is OC[C@H]1C[C@H](c2ccc(F)cc2F)OC1Cn1cncn1. The van der Waals surface area contributed by atoms with Crippen LogP contribution in [-0.2, 0) is 11.3 Å². The normalized spacial score (nSPS) is 25.4. The van der Waals surface area contributed by atoms with Gasteiger partial charge in [0, 0.05) is 24.2 Å². The zero-order valence-corrected chi connectivity index (χ0v) is 11.2. The fraction of sp³-hybridized carbons (Fsp3) is 0.429. The third-order valence-electron chi connectivity index (χ3n) is 3.76. The van der Waals surface area contributed by atoms with Crippen LogP contribution in [0.1, 0.15) is 18.1 Å². The Kier molecular flexibility index (Phi) is 3.94. The molecule has 2 aromatic rings. The topological polar surface area (TPSA) is 60.2 Å². The predicted molar refractivity (Wildman–Crippen MR) is 69.2 cm³/mol. The lowest BCUT2D eigenvalue weighted by molar-refractivity contribution is 0.0124. The number of aromatic nitrogens is 3. The molecular weight excluding hydrogens is 280 g/mol. The molecule has 0 saturated carbocycles.